The molecular weight excluding hydrogens is 312 g/mol. The highest BCUT2D eigenvalue weighted by Crippen LogP contribution is 2.28. The van der Waals surface area contributed by atoms with E-state index in [1.165, 1.54) is 0 Å². The van der Waals surface area contributed by atoms with Crippen LogP contribution in [-0.4, -0.2) is 66.9 Å². The Bertz CT molecular complexity index is 448. The Kier molecular flexibility index (Phi) is 6.92. The van der Waals surface area contributed by atoms with Gasteiger partial charge in [-0.3, -0.25) is 9.59 Å². The molecule has 1 rings (SSSR count). The molecule has 0 saturated carbocycles. The lowest BCUT2D eigenvalue weighted by atomic mass is 9.98. The van der Waals surface area contributed by atoms with E-state index in [1.807, 2.05) is 0 Å². The molecule has 0 aromatic carbocycles. The Labute approximate surface area is 133 Å². The molecule has 0 amide bonds. The van der Waals surface area contributed by atoms with Gasteiger partial charge in [-0.2, -0.15) is 0 Å². The Morgan fingerprint density at radius 2 is 1.57 bits per heavy atom. The Morgan fingerprint density at radius 3 is 2.00 bits per heavy atom. The highest BCUT2D eigenvalue weighted by Gasteiger charge is 2.53. The van der Waals surface area contributed by atoms with Crippen molar-refractivity contribution in [1.82, 2.24) is 0 Å². The van der Waals surface area contributed by atoms with Crippen LogP contribution in [-0.2, 0) is 38.1 Å². The van der Waals surface area contributed by atoms with Crippen LogP contribution < -0.4 is 0 Å². The Hall–Kier alpha value is -1.71. The normalized spacial score (nSPS) is 30.7. The SMILES string of the molecule is COC(=O)[C@H]1OC(OC(C)C)[C@H](O)[C@@H](OC(C)=O)[C@@H]1OC(C)=O. The van der Waals surface area contributed by atoms with Crippen LogP contribution >= 0.6 is 0 Å². The van der Waals surface area contributed by atoms with Crippen LogP contribution in [0.2, 0.25) is 0 Å². The minimum Gasteiger partial charge on any atom is -0.467 e. The highest BCUT2D eigenvalue weighted by molar-refractivity contribution is 5.77. The smallest absolute Gasteiger partial charge is 0.339 e. The van der Waals surface area contributed by atoms with Crippen LogP contribution in [0, 0.1) is 0 Å². The van der Waals surface area contributed by atoms with E-state index in [2.05, 4.69) is 4.74 Å². The second kappa shape index (κ2) is 8.23. The third-order valence-electron chi connectivity index (χ3n) is 2.96. The van der Waals surface area contributed by atoms with Gasteiger partial charge in [0.15, 0.2) is 24.6 Å². The summed E-state index contributed by atoms with van der Waals surface area (Å²) in [4.78, 5) is 34.5. The molecule has 0 aliphatic carbocycles. The molecule has 132 valence electrons. The molecule has 0 aromatic heterocycles. The van der Waals surface area contributed by atoms with Gasteiger partial charge in [0.05, 0.1) is 13.2 Å². The Balaban J connectivity index is 3.15. The van der Waals surface area contributed by atoms with E-state index in [-0.39, 0.29) is 6.10 Å². The van der Waals surface area contributed by atoms with Gasteiger partial charge in [-0.1, -0.05) is 0 Å². The van der Waals surface area contributed by atoms with E-state index in [9.17, 15) is 19.5 Å². The van der Waals surface area contributed by atoms with Gasteiger partial charge in [0.25, 0.3) is 0 Å². The number of ether oxygens (including phenoxy) is 5. The number of hydrogen-bond acceptors (Lipinski definition) is 9. The first kappa shape index (κ1) is 19.3. The van der Waals surface area contributed by atoms with Crippen molar-refractivity contribution in [3.63, 3.8) is 0 Å². The van der Waals surface area contributed by atoms with E-state index >= 15 is 0 Å². The zero-order chi connectivity index (χ0) is 17.7. The van der Waals surface area contributed by atoms with E-state index in [4.69, 9.17) is 18.9 Å². The monoisotopic (exact) mass is 334 g/mol. The van der Waals surface area contributed by atoms with Crippen molar-refractivity contribution in [2.45, 2.75) is 64.5 Å². The fraction of sp³-hybridized carbons (Fsp3) is 0.786. The lowest BCUT2D eigenvalue weighted by Crippen LogP contribution is -2.63. The number of carbonyl (C=O) groups is 3. The number of methoxy groups -OCH3 is 1. The lowest BCUT2D eigenvalue weighted by Gasteiger charge is -2.42. The van der Waals surface area contributed by atoms with Crippen molar-refractivity contribution in [3.8, 4) is 0 Å². The number of aliphatic hydroxyl groups excluding tert-OH is 1. The van der Waals surface area contributed by atoms with Crippen molar-refractivity contribution in [2.75, 3.05) is 7.11 Å². The summed E-state index contributed by atoms with van der Waals surface area (Å²) in [6.07, 6.45) is -7.14. The van der Waals surface area contributed by atoms with Crippen LogP contribution in [0.25, 0.3) is 0 Å². The molecular formula is C14H22O9. The van der Waals surface area contributed by atoms with E-state index in [0.29, 0.717) is 0 Å². The number of aliphatic hydroxyl groups is 1. The summed E-state index contributed by atoms with van der Waals surface area (Å²) in [5.74, 6) is -2.31. The molecule has 1 unspecified atom stereocenters. The van der Waals surface area contributed by atoms with Gasteiger partial charge in [-0.05, 0) is 13.8 Å². The molecule has 1 N–H and O–H groups in total. The van der Waals surface area contributed by atoms with Crippen LogP contribution in [0.4, 0.5) is 0 Å². The third-order valence-corrected chi connectivity index (χ3v) is 2.96. The van der Waals surface area contributed by atoms with Gasteiger partial charge in [-0.25, -0.2) is 4.79 Å². The minimum absolute atomic E-state index is 0.337. The number of rotatable bonds is 5. The fourth-order valence-electron chi connectivity index (χ4n) is 2.16. The van der Waals surface area contributed by atoms with E-state index in [0.717, 1.165) is 21.0 Å². The van der Waals surface area contributed by atoms with Gasteiger partial charge in [-0.15, -0.1) is 0 Å². The quantitative estimate of drug-likeness (QED) is 0.526. The molecule has 0 spiro atoms. The number of hydrogen-bond donors (Lipinski definition) is 1. The molecule has 0 radical (unpaired) electrons. The van der Waals surface area contributed by atoms with E-state index < -0.39 is 48.6 Å². The molecule has 9 nitrogen and oxygen atoms in total. The first-order valence-electron chi connectivity index (χ1n) is 7.08. The predicted octanol–water partition coefficient (Wildman–Crippen LogP) is -0.466. The largest absolute Gasteiger partial charge is 0.467 e. The first-order valence-corrected chi connectivity index (χ1v) is 7.08. The van der Waals surface area contributed by atoms with Crippen molar-refractivity contribution in [1.29, 1.82) is 0 Å². The van der Waals surface area contributed by atoms with Crippen LogP contribution in [0.3, 0.4) is 0 Å². The van der Waals surface area contributed by atoms with Gasteiger partial charge in [0.1, 0.15) is 6.10 Å². The van der Waals surface area contributed by atoms with Crippen molar-refractivity contribution in [2.24, 2.45) is 0 Å². The lowest BCUT2D eigenvalue weighted by molar-refractivity contribution is -0.305. The van der Waals surface area contributed by atoms with Crippen LogP contribution in [0.1, 0.15) is 27.7 Å². The molecule has 1 heterocycles. The maximum Gasteiger partial charge on any atom is 0.339 e. The zero-order valence-electron chi connectivity index (χ0n) is 13.7. The molecule has 1 aliphatic heterocycles. The molecule has 1 fully saturated rings. The molecule has 9 heteroatoms. The molecule has 23 heavy (non-hydrogen) atoms. The van der Waals surface area contributed by atoms with Crippen molar-refractivity contribution < 1.29 is 43.2 Å². The molecule has 0 aromatic rings. The maximum atomic E-state index is 11.9. The topological polar surface area (TPSA) is 118 Å². The highest BCUT2D eigenvalue weighted by atomic mass is 16.7. The fourth-order valence-corrected chi connectivity index (χ4v) is 2.16. The van der Waals surface area contributed by atoms with Crippen molar-refractivity contribution in [3.05, 3.63) is 0 Å². The summed E-state index contributed by atoms with van der Waals surface area (Å²) < 4.78 is 25.4. The van der Waals surface area contributed by atoms with Gasteiger partial charge in [0.2, 0.25) is 0 Å². The van der Waals surface area contributed by atoms with Crippen LogP contribution in [0.15, 0.2) is 0 Å². The first-order chi connectivity index (χ1) is 10.7. The average molecular weight is 334 g/mol. The van der Waals surface area contributed by atoms with Gasteiger partial charge < -0.3 is 28.8 Å². The molecule has 1 aliphatic rings. The van der Waals surface area contributed by atoms with Crippen molar-refractivity contribution >= 4 is 17.9 Å². The maximum absolute atomic E-state index is 11.9. The predicted molar refractivity (Wildman–Crippen MR) is 74.0 cm³/mol. The summed E-state index contributed by atoms with van der Waals surface area (Å²) in [5, 5.41) is 10.3. The molecule has 0 bridgehead atoms. The second-order valence-corrected chi connectivity index (χ2v) is 5.27. The summed E-state index contributed by atoms with van der Waals surface area (Å²) >= 11 is 0. The summed E-state index contributed by atoms with van der Waals surface area (Å²) in [6, 6.07) is 0. The number of esters is 3. The third kappa shape index (κ3) is 5.15. The Morgan fingerprint density at radius 1 is 1.04 bits per heavy atom. The molecule has 5 atom stereocenters. The molecule has 1 saturated heterocycles. The standard InChI is InChI=1S/C14H22O9/c1-6(2)20-14-9(17)10(21-7(3)15)11(22-8(4)16)12(23-14)13(18)19-5/h6,9-12,14,17H,1-5H3/t9-,10-,11+,12+,14?/m1/s1. The zero-order valence-corrected chi connectivity index (χ0v) is 13.7. The average Bonchev–Trinajstić information content (AvgIpc) is 2.43. The summed E-state index contributed by atoms with van der Waals surface area (Å²) in [5.41, 5.74) is 0. The summed E-state index contributed by atoms with van der Waals surface area (Å²) in [6.45, 7) is 5.63. The van der Waals surface area contributed by atoms with Gasteiger partial charge in [0, 0.05) is 13.8 Å². The second-order valence-electron chi connectivity index (χ2n) is 5.27. The number of carbonyl (C=O) groups excluding carboxylic acids is 3. The van der Waals surface area contributed by atoms with E-state index in [1.54, 1.807) is 13.8 Å². The van der Waals surface area contributed by atoms with Gasteiger partial charge >= 0.3 is 17.9 Å². The van der Waals surface area contributed by atoms with Crippen LogP contribution in [0.5, 0.6) is 0 Å². The summed E-state index contributed by atoms with van der Waals surface area (Å²) in [7, 11) is 1.13. The minimum atomic E-state index is -1.45.